The van der Waals surface area contributed by atoms with Gasteiger partial charge in [-0.25, -0.2) is 4.79 Å². The molecule has 1 aromatic rings. The highest BCUT2D eigenvalue weighted by Crippen LogP contribution is 2.65. The zero-order chi connectivity index (χ0) is 36.3. The zero-order valence-corrected chi connectivity index (χ0v) is 31.2. The quantitative estimate of drug-likeness (QED) is 0.206. The zero-order valence-electron chi connectivity index (χ0n) is 30.2. The Bertz CT molecular complexity index is 1510. The lowest BCUT2D eigenvalue weighted by molar-refractivity contribution is -0.344. The average Bonchev–Trinajstić information content (AvgIpc) is 3.04. The van der Waals surface area contributed by atoms with Crippen LogP contribution in [0.15, 0.2) is 41.7 Å². The van der Waals surface area contributed by atoms with Gasteiger partial charge in [-0.05, 0) is 42.8 Å². The molecule has 1 saturated heterocycles. The number of hydrogen-bond acceptors (Lipinski definition) is 11. The number of hydrogen-bond donors (Lipinski definition) is 2. The predicted molar refractivity (Wildman–Crippen MR) is 180 cm³/mol. The van der Waals surface area contributed by atoms with E-state index in [0.717, 1.165) is 18.1 Å². The van der Waals surface area contributed by atoms with Crippen molar-refractivity contribution in [3.63, 3.8) is 0 Å². The third-order valence-corrected chi connectivity index (χ3v) is 17.1. The molecule has 1 heterocycles. The van der Waals surface area contributed by atoms with Crippen molar-refractivity contribution >= 4 is 32.0 Å². The molecule has 5 rings (SSSR count). The number of aliphatic hydroxyl groups excluding tert-OH is 1. The molecule has 12 heteroatoms. The highest BCUT2D eigenvalue weighted by molar-refractivity contribution is 6.73. The predicted octanol–water partition coefficient (Wildman–Crippen LogP) is 4.89. The van der Waals surface area contributed by atoms with Crippen LogP contribution in [0.3, 0.4) is 0 Å². The van der Waals surface area contributed by atoms with Crippen LogP contribution < -0.4 is 0 Å². The van der Waals surface area contributed by atoms with Crippen LogP contribution in [0.2, 0.25) is 18.1 Å². The lowest BCUT2D eigenvalue weighted by Crippen LogP contribution is -2.81. The number of carbonyl (C=O) groups is 4. The Hall–Kier alpha value is -2.90. The van der Waals surface area contributed by atoms with Gasteiger partial charge in [0.25, 0.3) is 0 Å². The van der Waals surface area contributed by atoms with E-state index < -0.39 is 90.3 Å². The van der Waals surface area contributed by atoms with Gasteiger partial charge in [0.2, 0.25) is 5.78 Å². The fraction of sp³-hybridized carbons (Fsp3) is 0.676. The van der Waals surface area contributed by atoms with Gasteiger partial charge in [0.15, 0.2) is 19.7 Å². The fourth-order valence-corrected chi connectivity index (χ4v) is 12.3. The summed E-state index contributed by atoms with van der Waals surface area (Å²) in [6.07, 6.45) is -4.46. The highest BCUT2D eigenvalue weighted by Gasteiger charge is 2.78. The van der Waals surface area contributed by atoms with E-state index in [-0.39, 0.29) is 36.3 Å². The van der Waals surface area contributed by atoms with Crippen LogP contribution in [0.4, 0.5) is 0 Å². The van der Waals surface area contributed by atoms with Gasteiger partial charge in [0, 0.05) is 38.0 Å². The molecule has 270 valence electrons. The Kier molecular flexibility index (Phi) is 9.92. The monoisotopic (exact) mass is 700 g/mol. The van der Waals surface area contributed by atoms with E-state index in [1.807, 2.05) is 0 Å². The molecule has 7 unspecified atom stereocenters. The van der Waals surface area contributed by atoms with Crippen molar-refractivity contribution in [1.29, 1.82) is 0 Å². The minimum atomic E-state index is -2.48. The van der Waals surface area contributed by atoms with Gasteiger partial charge in [-0.2, -0.15) is 0 Å². The molecule has 2 N–H and O–H groups in total. The lowest BCUT2D eigenvalue weighted by Gasteiger charge is -2.68. The second kappa shape index (κ2) is 13.0. The Morgan fingerprint density at radius 1 is 1.00 bits per heavy atom. The van der Waals surface area contributed by atoms with Crippen LogP contribution in [-0.2, 0) is 37.8 Å². The van der Waals surface area contributed by atoms with Gasteiger partial charge in [-0.1, -0.05) is 59.7 Å². The van der Waals surface area contributed by atoms with Crippen molar-refractivity contribution in [2.45, 2.75) is 129 Å². The molecule has 4 aliphatic rings. The molecule has 2 saturated carbocycles. The molecule has 3 fully saturated rings. The van der Waals surface area contributed by atoms with E-state index in [1.54, 1.807) is 58.0 Å². The van der Waals surface area contributed by atoms with Gasteiger partial charge in [0.1, 0.15) is 17.8 Å². The van der Waals surface area contributed by atoms with Gasteiger partial charge in [0.05, 0.1) is 35.7 Å². The van der Waals surface area contributed by atoms with Crippen molar-refractivity contribution in [3.05, 3.63) is 47.2 Å². The number of ether oxygens (including phenoxy) is 4. The standard InChI is InChI=1S/C37H52O11Si/c1-10-49(11-2,12-3)48-26-18-27-36(20-44-27,47-23(6)39)30-32(46-33(42)24-16-14-13-15-17-24)37(43)19-25(40)21(4)28(34(37,7)8)29(45-22(5)38)31(41)35(26,30)9/h13-17,21,25-27,30,32,40,43H,10-12,18-20H2,1-9H3/t21?,25?,26?,27?,30?,32?,35-,36+,37?/m1/s1. The van der Waals surface area contributed by atoms with Crippen LogP contribution >= 0.6 is 0 Å². The number of ketones is 1. The molecule has 1 aliphatic heterocycles. The first-order valence-electron chi connectivity index (χ1n) is 17.5. The van der Waals surface area contributed by atoms with Gasteiger partial charge in [-0.3, -0.25) is 14.4 Å². The minimum Gasteiger partial charge on any atom is -0.455 e. The Balaban J connectivity index is 1.90. The van der Waals surface area contributed by atoms with Crippen molar-refractivity contribution < 1.29 is 52.8 Å². The summed E-state index contributed by atoms with van der Waals surface area (Å²) in [7, 11) is -2.48. The van der Waals surface area contributed by atoms with E-state index in [4.69, 9.17) is 23.4 Å². The highest BCUT2D eigenvalue weighted by atomic mass is 28.4. The first kappa shape index (κ1) is 37.4. The normalized spacial score (nSPS) is 36.7. The van der Waals surface area contributed by atoms with E-state index in [0.29, 0.717) is 0 Å². The van der Waals surface area contributed by atoms with Gasteiger partial charge < -0.3 is 33.6 Å². The smallest absolute Gasteiger partial charge is 0.338 e. The number of aliphatic hydroxyl groups is 2. The Morgan fingerprint density at radius 2 is 1.61 bits per heavy atom. The summed E-state index contributed by atoms with van der Waals surface area (Å²) in [4.78, 5) is 55.5. The summed E-state index contributed by atoms with van der Waals surface area (Å²) in [5.74, 6) is -5.01. The summed E-state index contributed by atoms with van der Waals surface area (Å²) in [6, 6.07) is 10.6. The number of allylic oxidation sites excluding steroid dienone is 1. The Labute approximate surface area is 289 Å². The topological polar surface area (TPSA) is 155 Å². The van der Waals surface area contributed by atoms with E-state index in [9.17, 15) is 24.6 Å². The number of fused-ring (bicyclic) bond motifs is 5. The van der Waals surface area contributed by atoms with Crippen molar-refractivity contribution in [1.82, 2.24) is 0 Å². The van der Waals surface area contributed by atoms with Crippen LogP contribution in [0.5, 0.6) is 0 Å². The summed E-state index contributed by atoms with van der Waals surface area (Å²) in [6.45, 7) is 15.3. The van der Waals surface area contributed by atoms with E-state index in [1.165, 1.54) is 13.8 Å². The van der Waals surface area contributed by atoms with Crippen molar-refractivity contribution in [2.75, 3.05) is 6.61 Å². The lowest BCUT2D eigenvalue weighted by atomic mass is 9.45. The van der Waals surface area contributed by atoms with Crippen LogP contribution in [0, 0.1) is 22.7 Å². The van der Waals surface area contributed by atoms with E-state index >= 15 is 4.79 Å². The third kappa shape index (κ3) is 5.62. The summed E-state index contributed by atoms with van der Waals surface area (Å²) >= 11 is 0. The van der Waals surface area contributed by atoms with E-state index in [2.05, 4.69) is 20.8 Å². The molecule has 49 heavy (non-hydrogen) atoms. The van der Waals surface area contributed by atoms with Gasteiger partial charge in [-0.15, -0.1) is 0 Å². The number of esters is 3. The molecule has 0 spiro atoms. The SMILES string of the molecule is CC[Si](CC)(CC)OC1CC2OC[C@@]2(OC(C)=O)C2C(OC(=O)c3ccccc3)C3(O)CC(O)C(C)C(=C(OC(C)=O)C(=O)[C@]12C)C3(C)C. The third-order valence-electron chi connectivity index (χ3n) is 12.5. The molecule has 9 atom stereocenters. The van der Waals surface area contributed by atoms with Crippen molar-refractivity contribution in [3.8, 4) is 0 Å². The molecule has 1 aromatic carbocycles. The molecule has 0 radical (unpaired) electrons. The Morgan fingerprint density at radius 3 is 2.12 bits per heavy atom. The number of Topliss-reactive ketones (excluding diaryl/α,β-unsaturated/α-hetero) is 1. The molecule has 2 bridgehead atoms. The van der Waals surface area contributed by atoms with Crippen molar-refractivity contribution in [2.24, 2.45) is 22.7 Å². The maximum Gasteiger partial charge on any atom is 0.338 e. The second-order valence-corrected chi connectivity index (χ2v) is 19.9. The number of rotatable bonds is 9. The minimum absolute atomic E-state index is 0.135. The fourth-order valence-electron chi connectivity index (χ4n) is 9.35. The summed E-state index contributed by atoms with van der Waals surface area (Å²) in [5, 5.41) is 24.9. The van der Waals surface area contributed by atoms with Crippen LogP contribution in [-0.4, -0.2) is 84.4 Å². The molecule has 0 aromatic heterocycles. The first-order valence-corrected chi connectivity index (χ1v) is 20.0. The molecular formula is C37H52O11Si. The maximum atomic E-state index is 15.6. The maximum absolute atomic E-state index is 15.6. The molecule has 11 nitrogen and oxygen atoms in total. The molecule has 3 aliphatic carbocycles. The average molecular weight is 701 g/mol. The van der Waals surface area contributed by atoms with Gasteiger partial charge >= 0.3 is 17.9 Å². The molecular weight excluding hydrogens is 648 g/mol. The largest absolute Gasteiger partial charge is 0.455 e. The summed E-state index contributed by atoms with van der Waals surface area (Å²) < 4.78 is 31.8. The number of benzene rings is 1. The van der Waals surface area contributed by atoms with Crippen LogP contribution in [0.25, 0.3) is 0 Å². The number of carbonyl (C=O) groups excluding carboxylic acids is 4. The molecule has 0 amide bonds. The van der Waals surface area contributed by atoms with Crippen LogP contribution in [0.1, 0.15) is 85.5 Å². The summed E-state index contributed by atoms with van der Waals surface area (Å²) in [5.41, 5.74) is -6.24. The first-order chi connectivity index (χ1) is 22.9. The second-order valence-electron chi connectivity index (χ2n) is 15.2.